The Morgan fingerprint density at radius 1 is 1.08 bits per heavy atom. The molecule has 136 valence electrons. The average molecular weight is 351 g/mol. The van der Waals surface area contributed by atoms with E-state index in [1.54, 1.807) is 17.0 Å². The van der Waals surface area contributed by atoms with E-state index in [1.165, 1.54) is 6.20 Å². The molecule has 2 aromatic rings. The molecule has 5 nitrogen and oxygen atoms in total. The van der Waals surface area contributed by atoms with E-state index in [2.05, 4.69) is 24.1 Å². The second-order valence-corrected chi connectivity index (χ2v) is 6.54. The predicted octanol–water partition coefficient (Wildman–Crippen LogP) is 3.69. The molecule has 1 aliphatic rings. The summed E-state index contributed by atoms with van der Waals surface area (Å²) in [5.74, 6) is -0.307. The fourth-order valence-corrected chi connectivity index (χ4v) is 3.36. The van der Waals surface area contributed by atoms with Crippen LogP contribution < -0.4 is 5.32 Å². The Kier molecular flexibility index (Phi) is 5.66. The summed E-state index contributed by atoms with van der Waals surface area (Å²) in [7, 11) is 0. The maximum absolute atomic E-state index is 12.8. The van der Waals surface area contributed by atoms with Crippen molar-refractivity contribution in [1.82, 2.24) is 9.88 Å². The molecule has 0 atom stereocenters. The summed E-state index contributed by atoms with van der Waals surface area (Å²) in [5.41, 5.74) is 3.89. The van der Waals surface area contributed by atoms with Gasteiger partial charge >= 0.3 is 0 Å². The van der Waals surface area contributed by atoms with Gasteiger partial charge in [-0.2, -0.15) is 0 Å². The summed E-state index contributed by atoms with van der Waals surface area (Å²) in [5, 5.41) is 3.04. The highest BCUT2D eigenvalue weighted by molar-refractivity contribution is 6.06. The summed E-state index contributed by atoms with van der Waals surface area (Å²) < 4.78 is 0. The summed E-state index contributed by atoms with van der Waals surface area (Å²) in [6, 6.07) is 9.33. The number of hydrogen-bond acceptors (Lipinski definition) is 3. The van der Waals surface area contributed by atoms with Gasteiger partial charge in [0.05, 0.1) is 0 Å². The molecule has 1 fully saturated rings. The van der Waals surface area contributed by atoms with Crippen LogP contribution in [-0.4, -0.2) is 34.8 Å². The Hall–Kier alpha value is -2.69. The minimum absolute atomic E-state index is 0.0969. The predicted molar refractivity (Wildman–Crippen MR) is 103 cm³/mol. The smallest absolute Gasteiger partial charge is 0.272 e. The van der Waals surface area contributed by atoms with Crippen LogP contribution in [0.1, 0.15) is 58.7 Å². The zero-order valence-corrected chi connectivity index (χ0v) is 15.4. The number of benzene rings is 1. The molecular formula is C21H25N3O2. The summed E-state index contributed by atoms with van der Waals surface area (Å²) in [6.07, 6.45) is 5.28. The molecule has 0 spiro atoms. The van der Waals surface area contributed by atoms with Crippen LogP contribution in [0, 0.1) is 0 Å². The van der Waals surface area contributed by atoms with Crippen molar-refractivity contribution in [3.8, 4) is 0 Å². The van der Waals surface area contributed by atoms with Crippen molar-refractivity contribution in [2.45, 2.75) is 39.5 Å². The van der Waals surface area contributed by atoms with E-state index in [0.717, 1.165) is 55.6 Å². The fraction of sp³-hybridized carbons (Fsp3) is 0.381. The van der Waals surface area contributed by atoms with E-state index in [-0.39, 0.29) is 11.8 Å². The van der Waals surface area contributed by atoms with Crippen LogP contribution in [0.25, 0.3) is 0 Å². The number of nitrogens with zero attached hydrogens (tertiary/aromatic N) is 2. The minimum atomic E-state index is -0.210. The molecule has 3 rings (SSSR count). The highest BCUT2D eigenvalue weighted by atomic mass is 16.2. The third-order valence-corrected chi connectivity index (χ3v) is 4.87. The third kappa shape index (κ3) is 3.77. The molecule has 5 heteroatoms. The van der Waals surface area contributed by atoms with E-state index in [4.69, 9.17) is 0 Å². The maximum atomic E-state index is 12.8. The van der Waals surface area contributed by atoms with Crippen LogP contribution in [0.3, 0.4) is 0 Å². The van der Waals surface area contributed by atoms with Crippen LogP contribution in [0.4, 0.5) is 5.69 Å². The molecule has 26 heavy (non-hydrogen) atoms. The maximum Gasteiger partial charge on any atom is 0.272 e. The second-order valence-electron chi connectivity index (χ2n) is 6.54. The molecule has 0 unspecified atom stereocenters. The largest absolute Gasteiger partial charge is 0.337 e. The molecule has 1 aromatic carbocycles. The Morgan fingerprint density at radius 3 is 2.35 bits per heavy atom. The van der Waals surface area contributed by atoms with E-state index in [0.29, 0.717) is 11.3 Å². The zero-order chi connectivity index (χ0) is 18.5. The molecule has 2 amide bonds. The van der Waals surface area contributed by atoms with Gasteiger partial charge in [0, 0.05) is 30.5 Å². The second kappa shape index (κ2) is 8.13. The Bertz CT molecular complexity index is 788. The Morgan fingerprint density at radius 2 is 1.73 bits per heavy atom. The molecule has 0 aliphatic carbocycles. The molecule has 0 bridgehead atoms. The first kappa shape index (κ1) is 18.1. The number of carbonyl (C=O) groups is 2. The average Bonchev–Trinajstić information content (AvgIpc) is 3.22. The first-order valence-electron chi connectivity index (χ1n) is 9.31. The van der Waals surface area contributed by atoms with Gasteiger partial charge in [0.2, 0.25) is 0 Å². The van der Waals surface area contributed by atoms with Gasteiger partial charge in [0.25, 0.3) is 11.8 Å². The lowest BCUT2D eigenvalue weighted by molar-refractivity contribution is 0.0787. The first-order chi connectivity index (χ1) is 12.6. The summed E-state index contributed by atoms with van der Waals surface area (Å²) >= 11 is 0. The van der Waals surface area contributed by atoms with Gasteiger partial charge in [-0.25, -0.2) is 0 Å². The van der Waals surface area contributed by atoms with E-state index in [9.17, 15) is 9.59 Å². The van der Waals surface area contributed by atoms with E-state index < -0.39 is 0 Å². The van der Waals surface area contributed by atoms with Gasteiger partial charge < -0.3 is 10.2 Å². The van der Waals surface area contributed by atoms with Crippen molar-refractivity contribution in [2.75, 3.05) is 18.4 Å². The van der Waals surface area contributed by atoms with E-state index >= 15 is 0 Å². The third-order valence-electron chi connectivity index (χ3n) is 4.87. The Labute approximate surface area is 154 Å². The van der Waals surface area contributed by atoms with Crippen LogP contribution in [0.2, 0.25) is 0 Å². The highest BCUT2D eigenvalue weighted by Gasteiger charge is 2.21. The number of carbonyl (C=O) groups excluding carboxylic acids is 2. The SMILES string of the molecule is CCc1cccc(CC)c1NC(=O)c1ccnc(C(=O)N2CCCC2)c1. The number of pyridine rings is 1. The molecule has 1 N–H and O–H groups in total. The molecular weight excluding hydrogens is 326 g/mol. The molecule has 1 saturated heterocycles. The number of nitrogens with one attached hydrogen (secondary N) is 1. The number of aryl methyl sites for hydroxylation is 2. The normalized spacial score (nSPS) is 13.7. The minimum Gasteiger partial charge on any atom is -0.337 e. The molecule has 2 heterocycles. The summed E-state index contributed by atoms with van der Waals surface area (Å²) in [4.78, 5) is 31.3. The molecule has 0 saturated carbocycles. The van der Waals surface area contributed by atoms with Crippen molar-refractivity contribution in [1.29, 1.82) is 0 Å². The Balaban J connectivity index is 1.83. The van der Waals surface area contributed by atoms with Crippen LogP contribution in [0.15, 0.2) is 36.5 Å². The van der Waals surface area contributed by atoms with Gasteiger partial charge in [0.1, 0.15) is 5.69 Å². The van der Waals surface area contributed by atoms with Crippen LogP contribution in [-0.2, 0) is 12.8 Å². The van der Waals surface area contributed by atoms with Crippen LogP contribution >= 0.6 is 0 Å². The van der Waals surface area contributed by atoms with Gasteiger partial charge in [-0.1, -0.05) is 32.0 Å². The van der Waals surface area contributed by atoms with Crippen LogP contribution in [0.5, 0.6) is 0 Å². The van der Waals surface area contributed by atoms with Gasteiger partial charge in [-0.15, -0.1) is 0 Å². The number of rotatable bonds is 5. The van der Waals surface area contributed by atoms with Gasteiger partial charge in [0.15, 0.2) is 0 Å². The lowest BCUT2D eigenvalue weighted by Crippen LogP contribution is -2.28. The molecule has 1 aromatic heterocycles. The lowest BCUT2D eigenvalue weighted by atomic mass is 10.0. The van der Waals surface area contributed by atoms with Crippen molar-refractivity contribution in [3.63, 3.8) is 0 Å². The molecule has 0 radical (unpaired) electrons. The van der Waals surface area contributed by atoms with Crippen molar-refractivity contribution >= 4 is 17.5 Å². The van der Waals surface area contributed by atoms with Crippen molar-refractivity contribution < 1.29 is 9.59 Å². The monoisotopic (exact) mass is 351 g/mol. The van der Waals surface area contributed by atoms with E-state index in [1.807, 2.05) is 18.2 Å². The number of para-hydroxylation sites is 1. The fourth-order valence-electron chi connectivity index (χ4n) is 3.36. The van der Waals surface area contributed by atoms with Gasteiger partial charge in [-0.3, -0.25) is 14.6 Å². The topological polar surface area (TPSA) is 62.3 Å². The lowest BCUT2D eigenvalue weighted by Gasteiger charge is -2.16. The van der Waals surface area contributed by atoms with Gasteiger partial charge in [-0.05, 0) is 48.9 Å². The number of likely N-dealkylation sites (tertiary alicyclic amines) is 1. The highest BCUT2D eigenvalue weighted by Crippen LogP contribution is 2.23. The number of anilines is 1. The number of aromatic nitrogens is 1. The summed E-state index contributed by atoms with van der Waals surface area (Å²) in [6.45, 7) is 5.68. The number of amides is 2. The first-order valence-corrected chi connectivity index (χ1v) is 9.31. The number of hydrogen-bond donors (Lipinski definition) is 1. The quantitative estimate of drug-likeness (QED) is 0.893. The molecule has 1 aliphatic heterocycles. The van der Waals surface area contributed by atoms with Crippen molar-refractivity contribution in [3.05, 3.63) is 58.9 Å². The zero-order valence-electron chi connectivity index (χ0n) is 15.4. The standard InChI is InChI=1S/C21H25N3O2/c1-3-15-8-7-9-16(4-2)19(15)23-20(25)17-10-11-22-18(14-17)21(26)24-12-5-6-13-24/h7-11,14H,3-6,12-13H2,1-2H3,(H,23,25). The van der Waals surface area contributed by atoms with Crippen molar-refractivity contribution in [2.24, 2.45) is 0 Å².